The van der Waals surface area contributed by atoms with Gasteiger partial charge in [0.05, 0.1) is 10.0 Å². The van der Waals surface area contributed by atoms with Crippen LogP contribution in [0.15, 0.2) is 36.5 Å². The Morgan fingerprint density at radius 3 is 2.62 bits per heavy atom. The molecule has 1 N–H and O–H groups in total. The van der Waals surface area contributed by atoms with Gasteiger partial charge in [-0.05, 0) is 24.3 Å². The van der Waals surface area contributed by atoms with Crippen molar-refractivity contribution in [1.82, 2.24) is 9.38 Å². The van der Waals surface area contributed by atoms with E-state index in [1.807, 2.05) is 0 Å². The maximum absolute atomic E-state index is 13.3. The molecular formula is C14H7Cl2FN2O2. The topological polar surface area (TPSA) is 54.6 Å². The van der Waals surface area contributed by atoms with Gasteiger partial charge in [-0.1, -0.05) is 29.3 Å². The summed E-state index contributed by atoms with van der Waals surface area (Å²) in [5.41, 5.74) is 0.885. The number of pyridine rings is 1. The van der Waals surface area contributed by atoms with Gasteiger partial charge in [-0.15, -0.1) is 0 Å². The number of hydrogen-bond acceptors (Lipinski definition) is 2. The van der Waals surface area contributed by atoms with Gasteiger partial charge >= 0.3 is 5.97 Å². The first-order valence-electron chi connectivity index (χ1n) is 5.83. The molecule has 0 aliphatic heterocycles. The van der Waals surface area contributed by atoms with Gasteiger partial charge in [0.1, 0.15) is 17.2 Å². The van der Waals surface area contributed by atoms with Crippen LogP contribution >= 0.6 is 23.2 Å². The number of nitrogens with zero attached hydrogens (tertiary/aromatic N) is 2. The smallest absolute Gasteiger partial charge is 0.355 e. The summed E-state index contributed by atoms with van der Waals surface area (Å²) in [6, 6.07) is 7.30. The molecule has 106 valence electrons. The average Bonchev–Trinajstić information content (AvgIpc) is 2.80. The number of aromatic nitrogens is 2. The number of imidazole rings is 1. The van der Waals surface area contributed by atoms with Crippen LogP contribution in [0.25, 0.3) is 16.9 Å². The van der Waals surface area contributed by atoms with Gasteiger partial charge in [0, 0.05) is 11.8 Å². The van der Waals surface area contributed by atoms with Crippen LogP contribution in [0.2, 0.25) is 10.0 Å². The lowest BCUT2D eigenvalue weighted by atomic mass is 10.1. The van der Waals surface area contributed by atoms with Crippen molar-refractivity contribution in [2.24, 2.45) is 0 Å². The third-order valence-electron chi connectivity index (χ3n) is 2.98. The Morgan fingerprint density at radius 1 is 1.19 bits per heavy atom. The Kier molecular flexibility index (Phi) is 3.31. The van der Waals surface area contributed by atoms with E-state index in [1.54, 1.807) is 12.1 Å². The van der Waals surface area contributed by atoms with E-state index in [0.29, 0.717) is 16.2 Å². The molecule has 0 amide bonds. The highest BCUT2D eigenvalue weighted by molar-refractivity contribution is 6.42. The third kappa shape index (κ3) is 2.34. The number of benzene rings is 1. The summed E-state index contributed by atoms with van der Waals surface area (Å²) in [4.78, 5) is 15.7. The van der Waals surface area contributed by atoms with Gasteiger partial charge in [-0.3, -0.25) is 4.40 Å². The van der Waals surface area contributed by atoms with Gasteiger partial charge in [0.15, 0.2) is 5.69 Å². The molecule has 3 aromatic rings. The quantitative estimate of drug-likeness (QED) is 0.770. The largest absolute Gasteiger partial charge is 0.476 e. The van der Waals surface area contributed by atoms with Crippen LogP contribution < -0.4 is 0 Å². The van der Waals surface area contributed by atoms with E-state index in [-0.39, 0.29) is 16.4 Å². The van der Waals surface area contributed by atoms with Crippen LogP contribution in [0.3, 0.4) is 0 Å². The van der Waals surface area contributed by atoms with Crippen molar-refractivity contribution in [3.63, 3.8) is 0 Å². The van der Waals surface area contributed by atoms with Crippen molar-refractivity contribution in [3.05, 3.63) is 58.1 Å². The van der Waals surface area contributed by atoms with Crippen molar-refractivity contribution >= 4 is 34.8 Å². The molecule has 0 unspecified atom stereocenters. The predicted molar refractivity (Wildman–Crippen MR) is 77.6 cm³/mol. The molecule has 0 fully saturated rings. The summed E-state index contributed by atoms with van der Waals surface area (Å²) < 4.78 is 14.5. The zero-order chi connectivity index (χ0) is 15.1. The average molecular weight is 325 g/mol. The normalized spacial score (nSPS) is 11.0. The predicted octanol–water partition coefficient (Wildman–Crippen LogP) is 4.15. The molecule has 3 rings (SSSR count). The molecule has 2 aromatic heterocycles. The second-order valence-electron chi connectivity index (χ2n) is 4.32. The van der Waals surface area contributed by atoms with Crippen LogP contribution in [-0.2, 0) is 0 Å². The van der Waals surface area contributed by atoms with Gasteiger partial charge in [0.2, 0.25) is 0 Å². The van der Waals surface area contributed by atoms with E-state index in [1.165, 1.54) is 22.6 Å². The van der Waals surface area contributed by atoms with E-state index in [4.69, 9.17) is 23.2 Å². The summed E-state index contributed by atoms with van der Waals surface area (Å²) in [7, 11) is 0. The van der Waals surface area contributed by atoms with Crippen LogP contribution in [0.5, 0.6) is 0 Å². The first kappa shape index (κ1) is 13.9. The lowest BCUT2D eigenvalue weighted by Gasteiger charge is -2.02. The van der Waals surface area contributed by atoms with Crippen molar-refractivity contribution in [2.45, 2.75) is 0 Å². The molecule has 0 spiro atoms. The van der Waals surface area contributed by atoms with E-state index in [2.05, 4.69) is 4.98 Å². The van der Waals surface area contributed by atoms with Crippen LogP contribution in [-0.4, -0.2) is 20.5 Å². The van der Waals surface area contributed by atoms with Crippen molar-refractivity contribution in [1.29, 1.82) is 0 Å². The lowest BCUT2D eigenvalue weighted by molar-refractivity contribution is 0.0690. The number of carbonyl (C=O) groups is 1. The van der Waals surface area contributed by atoms with E-state index in [9.17, 15) is 14.3 Å². The minimum Gasteiger partial charge on any atom is -0.476 e. The molecule has 4 nitrogen and oxygen atoms in total. The minimum absolute atomic E-state index is 0.136. The van der Waals surface area contributed by atoms with Gasteiger partial charge < -0.3 is 5.11 Å². The van der Waals surface area contributed by atoms with Crippen molar-refractivity contribution < 1.29 is 14.3 Å². The van der Waals surface area contributed by atoms with E-state index < -0.39 is 11.8 Å². The zero-order valence-electron chi connectivity index (χ0n) is 10.3. The Labute approximate surface area is 128 Å². The first-order chi connectivity index (χ1) is 9.97. The second-order valence-corrected chi connectivity index (χ2v) is 5.13. The molecule has 1 aromatic carbocycles. The minimum atomic E-state index is -1.21. The zero-order valence-corrected chi connectivity index (χ0v) is 11.9. The van der Waals surface area contributed by atoms with Crippen LogP contribution in [0, 0.1) is 5.82 Å². The summed E-state index contributed by atoms with van der Waals surface area (Å²) in [6.07, 6.45) is 1.08. The molecule has 7 heteroatoms. The third-order valence-corrected chi connectivity index (χ3v) is 3.72. The Morgan fingerprint density at radius 2 is 1.95 bits per heavy atom. The molecule has 0 atom stereocenters. The van der Waals surface area contributed by atoms with E-state index in [0.717, 1.165) is 6.20 Å². The van der Waals surface area contributed by atoms with Crippen LogP contribution in [0.1, 0.15) is 10.5 Å². The maximum Gasteiger partial charge on any atom is 0.355 e. The monoisotopic (exact) mass is 324 g/mol. The van der Waals surface area contributed by atoms with Crippen molar-refractivity contribution in [3.8, 4) is 11.3 Å². The molecule has 0 bridgehead atoms. The van der Waals surface area contributed by atoms with Crippen LogP contribution in [0.4, 0.5) is 4.39 Å². The standard InChI is InChI=1S/C14H7Cl2FN2O2/c15-9-3-1-7(5-10(9)16)12-13(14(20)21)19-6-8(17)2-4-11(19)18-12/h1-6H,(H,20,21). The SMILES string of the molecule is O=C(O)c1c(-c2ccc(Cl)c(Cl)c2)nc2ccc(F)cn12. The summed E-state index contributed by atoms with van der Waals surface area (Å²) in [6.45, 7) is 0. The number of rotatable bonds is 2. The maximum atomic E-state index is 13.3. The number of fused-ring (bicyclic) bond motifs is 1. The number of carboxylic acid groups (broad SMARTS) is 1. The highest BCUT2D eigenvalue weighted by Crippen LogP contribution is 2.30. The Hall–Kier alpha value is -2.11. The molecular weight excluding hydrogens is 318 g/mol. The lowest BCUT2D eigenvalue weighted by Crippen LogP contribution is -2.04. The first-order valence-corrected chi connectivity index (χ1v) is 6.59. The van der Waals surface area contributed by atoms with E-state index >= 15 is 0 Å². The summed E-state index contributed by atoms with van der Waals surface area (Å²) in [5, 5.41) is 10.0. The fourth-order valence-corrected chi connectivity index (χ4v) is 2.37. The molecule has 0 radical (unpaired) electrons. The van der Waals surface area contributed by atoms with Gasteiger partial charge in [0.25, 0.3) is 0 Å². The fraction of sp³-hybridized carbons (Fsp3) is 0. The number of halogens is 3. The fourth-order valence-electron chi connectivity index (χ4n) is 2.07. The second kappa shape index (κ2) is 5.02. The molecule has 2 heterocycles. The molecule has 21 heavy (non-hydrogen) atoms. The number of aromatic carboxylic acids is 1. The molecule has 0 saturated heterocycles. The molecule has 0 aliphatic carbocycles. The Balaban J connectivity index is 2.33. The molecule has 0 saturated carbocycles. The molecule has 0 aliphatic rings. The van der Waals surface area contributed by atoms with Gasteiger partial charge in [-0.2, -0.15) is 0 Å². The van der Waals surface area contributed by atoms with Gasteiger partial charge in [-0.25, -0.2) is 14.2 Å². The van der Waals surface area contributed by atoms with Crippen molar-refractivity contribution in [2.75, 3.05) is 0 Å². The number of hydrogen-bond donors (Lipinski definition) is 1. The number of carboxylic acids is 1. The highest BCUT2D eigenvalue weighted by Gasteiger charge is 2.20. The summed E-state index contributed by atoms with van der Waals surface area (Å²) in [5.74, 6) is -1.77. The Bertz CT molecular complexity index is 877. The summed E-state index contributed by atoms with van der Waals surface area (Å²) >= 11 is 11.8. The highest BCUT2D eigenvalue weighted by atomic mass is 35.5.